The van der Waals surface area contributed by atoms with Crippen LogP contribution in [0, 0.1) is 0 Å². The summed E-state index contributed by atoms with van der Waals surface area (Å²) in [7, 11) is 0. The number of aliphatic carboxylic acids is 1. The Balaban J connectivity index is 2.32. The normalized spacial score (nSPS) is 11.5. The molecule has 2 aromatic rings. The second-order valence-electron chi connectivity index (χ2n) is 4.54. The van der Waals surface area contributed by atoms with E-state index in [1.165, 1.54) is 24.3 Å². The van der Waals surface area contributed by atoms with Crippen LogP contribution in [0.1, 0.15) is 21.5 Å². The highest BCUT2D eigenvalue weighted by atomic mass is 16.4. The smallest absolute Gasteiger partial charge is 0.336 e. The highest BCUT2D eigenvalue weighted by Crippen LogP contribution is 2.17. The molecule has 0 aromatic heterocycles. The first-order valence-corrected chi connectivity index (χ1v) is 6.58. The first-order chi connectivity index (χ1) is 10.6. The first-order valence-electron chi connectivity index (χ1n) is 6.58. The Morgan fingerprint density at radius 3 is 2.18 bits per heavy atom. The molecule has 0 bridgehead atoms. The molecule has 0 fully saturated rings. The van der Waals surface area contributed by atoms with E-state index in [0.29, 0.717) is 5.56 Å². The maximum absolute atomic E-state index is 11.4. The molecular weight excluding hydrogens is 280 g/mol. The summed E-state index contributed by atoms with van der Waals surface area (Å²) in [4.78, 5) is 22.3. The van der Waals surface area contributed by atoms with Gasteiger partial charge >= 0.3 is 11.9 Å². The van der Waals surface area contributed by atoms with Crippen LogP contribution in [-0.4, -0.2) is 22.2 Å². The van der Waals surface area contributed by atoms with Crippen molar-refractivity contribution in [2.45, 2.75) is 0 Å². The fourth-order valence-electron chi connectivity index (χ4n) is 1.93. The molecule has 0 amide bonds. The van der Waals surface area contributed by atoms with Crippen LogP contribution in [0.3, 0.4) is 0 Å². The molecule has 0 aliphatic carbocycles. The number of carbonyl (C=O) groups is 2. The molecule has 0 radical (unpaired) electrons. The number of allylic oxidation sites excluding steroid dienone is 2. The summed E-state index contributed by atoms with van der Waals surface area (Å²) in [6.45, 7) is 0. The van der Waals surface area contributed by atoms with Crippen LogP contribution in [0.15, 0.2) is 66.7 Å². The number of hydrogen-bond donors (Lipinski definition) is 2. The quantitative estimate of drug-likeness (QED) is 0.653. The van der Waals surface area contributed by atoms with Crippen molar-refractivity contribution < 1.29 is 19.8 Å². The van der Waals surface area contributed by atoms with Crippen LogP contribution in [0.2, 0.25) is 0 Å². The van der Waals surface area contributed by atoms with Crippen LogP contribution in [0.5, 0.6) is 0 Å². The number of rotatable bonds is 5. The van der Waals surface area contributed by atoms with E-state index in [-0.39, 0.29) is 11.1 Å². The van der Waals surface area contributed by atoms with Crippen LogP contribution in [-0.2, 0) is 4.79 Å². The first kappa shape index (κ1) is 15.3. The van der Waals surface area contributed by atoms with Crippen molar-refractivity contribution in [2.75, 3.05) is 0 Å². The third-order valence-corrected chi connectivity index (χ3v) is 3.00. The van der Waals surface area contributed by atoms with Gasteiger partial charge in [-0.3, -0.25) is 0 Å². The topological polar surface area (TPSA) is 74.6 Å². The van der Waals surface area contributed by atoms with Crippen LogP contribution in [0.4, 0.5) is 0 Å². The van der Waals surface area contributed by atoms with Gasteiger partial charge in [0.2, 0.25) is 0 Å². The monoisotopic (exact) mass is 294 g/mol. The second kappa shape index (κ2) is 7.04. The van der Waals surface area contributed by atoms with Crippen molar-refractivity contribution in [3.8, 4) is 0 Å². The molecule has 0 saturated carbocycles. The summed E-state index contributed by atoms with van der Waals surface area (Å²) < 4.78 is 0. The zero-order valence-corrected chi connectivity index (χ0v) is 11.6. The maximum atomic E-state index is 11.4. The summed E-state index contributed by atoms with van der Waals surface area (Å²) in [6, 6.07) is 15.3. The molecular formula is C18H14O4. The highest BCUT2D eigenvalue weighted by Gasteiger charge is 2.11. The maximum Gasteiger partial charge on any atom is 0.336 e. The molecule has 0 aliphatic rings. The minimum absolute atomic E-state index is 0.0373. The Morgan fingerprint density at radius 1 is 0.864 bits per heavy atom. The van der Waals surface area contributed by atoms with E-state index in [1.54, 1.807) is 18.2 Å². The molecule has 0 spiro atoms. The van der Waals surface area contributed by atoms with E-state index in [1.807, 2.05) is 30.3 Å². The van der Waals surface area contributed by atoms with Crippen molar-refractivity contribution in [3.63, 3.8) is 0 Å². The highest BCUT2D eigenvalue weighted by molar-refractivity contribution is 6.16. The molecule has 0 saturated heterocycles. The molecule has 2 rings (SSSR count). The standard InChI is InChI=1S/C18H14O4/c19-17(20)15-10-5-9-14(12-15)16(18(21)22)11-4-8-13-6-2-1-3-7-13/h1-12H,(H,19,20)(H,21,22). The SMILES string of the molecule is O=C(O)C(=CC=Cc1ccccc1)c1cccc(C(=O)O)c1. The summed E-state index contributed by atoms with van der Waals surface area (Å²) >= 11 is 0. The third-order valence-electron chi connectivity index (χ3n) is 3.00. The molecule has 4 nitrogen and oxygen atoms in total. The van der Waals surface area contributed by atoms with Gasteiger partial charge in [-0.2, -0.15) is 0 Å². The van der Waals surface area contributed by atoms with E-state index in [9.17, 15) is 14.7 Å². The minimum atomic E-state index is -1.11. The number of benzene rings is 2. The molecule has 2 N–H and O–H groups in total. The molecule has 0 heterocycles. The van der Waals surface area contributed by atoms with Gasteiger partial charge in [-0.25, -0.2) is 9.59 Å². The molecule has 0 unspecified atom stereocenters. The van der Waals surface area contributed by atoms with E-state index in [4.69, 9.17) is 5.11 Å². The molecule has 0 aliphatic heterocycles. The Labute approximate surface area is 127 Å². The lowest BCUT2D eigenvalue weighted by Crippen LogP contribution is -2.02. The fraction of sp³-hybridized carbons (Fsp3) is 0. The van der Waals surface area contributed by atoms with Gasteiger partial charge in [-0.1, -0.05) is 54.6 Å². The van der Waals surface area contributed by atoms with Crippen LogP contribution < -0.4 is 0 Å². The molecule has 22 heavy (non-hydrogen) atoms. The molecule has 2 aromatic carbocycles. The van der Waals surface area contributed by atoms with Gasteiger partial charge in [-0.05, 0) is 29.3 Å². The van der Waals surface area contributed by atoms with Crippen molar-refractivity contribution in [3.05, 3.63) is 83.4 Å². The van der Waals surface area contributed by atoms with Gasteiger partial charge < -0.3 is 10.2 Å². The van der Waals surface area contributed by atoms with E-state index < -0.39 is 11.9 Å². The van der Waals surface area contributed by atoms with Crippen molar-refractivity contribution >= 4 is 23.6 Å². The predicted octanol–water partition coefficient (Wildman–Crippen LogP) is 3.57. The Morgan fingerprint density at radius 2 is 1.55 bits per heavy atom. The number of hydrogen-bond acceptors (Lipinski definition) is 2. The fourth-order valence-corrected chi connectivity index (χ4v) is 1.93. The van der Waals surface area contributed by atoms with Crippen molar-refractivity contribution in [2.24, 2.45) is 0 Å². The zero-order valence-electron chi connectivity index (χ0n) is 11.6. The average Bonchev–Trinajstić information content (AvgIpc) is 2.52. The molecule has 110 valence electrons. The van der Waals surface area contributed by atoms with Gasteiger partial charge in [0.05, 0.1) is 11.1 Å². The Hall–Kier alpha value is -3.14. The predicted molar refractivity (Wildman–Crippen MR) is 84.5 cm³/mol. The molecule has 0 atom stereocenters. The lowest BCUT2D eigenvalue weighted by Gasteiger charge is -2.03. The van der Waals surface area contributed by atoms with Gasteiger partial charge in [0.25, 0.3) is 0 Å². The van der Waals surface area contributed by atoms with Gasteiger partial charge in [0.15, 0.2) is 0 Å². The second-order valence-corrected chi connectivity index (χ2v) is 4.54. The number of carboxylic acid groups (broad SMARTS) is 2. The summed E-state index contributed by atoms with van der Waals surface area (Å²) in [5.74, 6) is -2.20. The molecule has 4 heteroatoms. The van der Waals surface area contributed by atoms with Crippen molar-refractivity contribution in [1.29, 1.82) is 0 Å². The van der Waals surface area contributed by atoms with Crippen LogP contribution in [0.25, 0.3) is 11.6 Å². The Bertz CT molecular complexity index is 743. The van der Waals surface area contributed by atoms with E-state index in [2.05, 4.69) is 0 Å². The van der Waals surface area contributed by atoms with Gasteiger partial charge in [0.1, 0.15) is 0 Å². The lowest BCUT2D eigenvalue weighted by atomic mass is 10.0. The average molecular weight is 294 g/mol. The largest absolute Gasteiger partial charge is 0.478 e. The third kappa shape index (κ3) is 3.93. The number of aromatic carboxylic acids is 1. The van der Waals surface area contributed by atoms with E-state index in [0.717, 1.165) is 5.56 Å². The zero-order chi connectivity index (χ0) is 15.9. The van der Waals surface area contributed by atoms with Gasteiger partial charge in [-0.15, -0.1) is 0 Å². The minimum Gasteiger partial charge on any atom is -0.478 e. The lowest BCUT2D eigenvalue weighted by molar-refractivity contribution is -0.130. The van der Waals surface area contributed by atoms with Crippen molar-refractivity contribution in [1.82, 2.24) is 0 Å². The summed E-state index contributed by atoms with van der Waals surface area (Å²) in [5, 5.41) is 18.3. The Kier molecular flexibility index (Phi) is 4.88. The number of carboxylic acids is 2. The van der Waals surface area contributed by atoms with Crippen LogP contribution >= 0.6 is 0 Å². The summed E-state index contributed by atoms with van der Waals surface area (Å²) in [6.07, 6.45) is 4.87. The van der Waals surface area contributed by atoms with Gasteiger partial charge in [0, 0.05) is 0 Å². The van der Waals surface area contributed by atoms with E-state index >= 15 is 0 Å². The summed E-state index contributed by atoms with van der Waals surface area (Å²) in [5.41, 5.74) is 1.39.